The zero-order valence-electron chi connectivity index (χ0n) is 22.4. The standard InChI is InChI=1S/C31H33F2N3O4/c1-20-10-6-8-14-23(20)18-34-29(39)26-17-31(32,33)19-36(26)30(40)27(37)25(16-22-12-4-3-5-13-22)35-28(38)24-15-9-7-11-21(24)2/h3-15,25-27,37H,16-19H2,1-2H3,(H,34,39)(H,35,38). The highest BCUT2D eigenvalue weighted by molar-refractivity contribution is 5.96. The lowest BCUT2D eigenvalue weighted by atomic mass is 9.98. The predicted molar refractivity (Wildman–Crippen MR) is 147 cm³/mol. The van der Waals surface area contributed by atoms with Gasteiger partial charge in [0.05, 0.1) is 12.6 Å². The van der Waals surface area contributed by atoms with Gasteiger partial charge in [-0.25, -0.2) is 8.78 Å². The molecule has 0 aliphatic carbocycles. The lowest BCUT2D eigenvalue weighted by molar-refractivity contribution is -0.147. The Morgan fingerprint density at radius 1 is 0.950 bits per heavy atom. The molecule has 3 atom stereocenters. The third kappa shape index (κ3) is 6.90. The summed E-state index contributed by atoms with van der Waals surface area (Å²) in [5, 5.41) is 16.6. The third-order valence-corrected chi connectivity index (χ3v) is 7.21. The van der Waals surface area contributed by atoms with Crippen LogP contribution in [0.25, 0.3) is 0 Å². The summed E-state index contributed by atoms with van der Waals surface area (Å²) in [6.45, 7) is 2.74. The van der Waals surface area contributed by atoms with Crippen LogP contribution in [0, 0.1) is 13.8 Å². The zero-order valence-corrected chi connectivity index (χ0v) is 22.4. The first kappa shape index (κ1) is 28.9. The van der Waals surface area contributed by atoms with Gasteiger partial charge >= 0.3 is 0 Å². The molecule has 1 aliphatic heterocycles. The molecule has 210 valence electrons. The van der Waals surface area contributed by atoms with Crippen LogP contribution in [-0.2, 0) is 22.6 Å². The van der Waals surface area contributed by atoms with Crippen molar-refractivity contribution in [2.45, 2.75) is 57.3 Å². The molecule has 3 N–H and O–H groups in total. The van der Waals surface area contributed by atoms with Crippen molar-refractivity contribution in [3.63, 3.8) is 0 Å². The Bertz CT molecular complexity index is 1370. The molecule has 3 aromatic rings. The Morgan fingerprint density at radius 3 is 2.25 bits per heavy atom. The molecule has 40 heavy (non-hydrogen) atoms. The van der Waals surface area contributed by atoms with Crippen molar-refractivity contribution in [1.29, 1.82) is 0 Å². The van der Waals surface area contributed by atoms with E-state index in [-0.39, 0.29) is 13.0 Å². The number of rotatable bonds is 9. The Labute approximate surface area is 232 Å². The highest BCUT2D eigenvalue weighted by Crippen LogP contribution is 2.33. The molecule has 4 rings (SSSR count). The van der Waals surface area contributed by atoms with Gasteiger partial charge in [-0.15, -0.1) is 0 Å². The molecule has 7 nitrogen and oxygen atoms in total. The van der Waals surface area contributed by atoms with E-state index in [2.05, 4.69) is 10.6 Å². The van der Waals surface area contributed by atoms with Gasteiger partial charge in [0.15, 0.2) is 6.10 Å². The van der Waals surface area contributed by atoms with Gasteiger partial charge in [-0.05, 0) is 48.6 Å². The SMILES string of the molecule is Cc1ccccc1CNC(=O)C1CC(F)(F)CN1C(=O)C(O)C(Cc1ccccc1)NC(=O)c1ccccc1C. The van der Waals surface area contributed by atoms with Gasteiger partial charge in [-0.2, -0.15) is 0 Å². The Morgan fingerprint density at radius 2 is 1.57 bits per heavy atom. The second-order valence-electron chi connectivity index (χ2n) is 10.2. The summed E-state index contributed by atoms with van der Waals surface area (Å²) in [4.78, 5) is 40.4. The maximum absolute atomic E-state index is 14.6. The van der Waals surface area contributed by atoms with E-state index in [0.717, 1.165) is 21.6 Å². The summed E-state index contributed by atoms with van der Waals surface area (Å²) in [6, 6.07) is 20.5. The second-order valence-corrected chi connectivity index (χ2v) is 10.2. The number of aliphatic hydroxyl groups is 1. The van der Waals surface area contributed by atoms with Crippen molar-refractivity contribution in [3.8, 4) is 0 Å². The van der Waals surface area contributed by atoms with Gasteiger partial charge in [0.25, 0.3) is 17.7 Å². The van der Waals surface area contributed by atoms with Crippen molar-refractivity contribution in [2.24, 2.45) is 0 Å². The quantitative estimate of drug-likeness (QED) is 0.380. The molecule has 1 saturated heterocycles. The van der Waals surface area contributed by atoms with E-state index in [1.165, 1.54) is 0 Å². The van der Waals surface area contributed by atoms with Crippen molar-refractivity contribution >= 4 is 17.7 Å². The molecule has 0 radical (unpaired) electrons. The maximum Gasteiger partial charge on any atom is 0.267 e. The molecule has 0 bridgehead atoms. The van der Waals surface area contributed by atoms with E-state index in [1.807, 2.05) is 31.2 Å². The van der Waals surface area contributed by atoms with Gasteiger partial charge < -0.3 is 20.6 Å². The molecule has 0 spiro atoms. The van der Waals surface area contributed by atoms with Crippen LogP contribution < -0.4 is 10.6 Å². The maximum atomic E-state index is 14.6. The third-order valence-electron chi connectivity index (χ3n) is 7.21. The van der Waals surface area contributed by atoms with Crippen LogP contribution in [0.4, 0.5) is 8.78 Å². The van der Waals surface area contributed by atoms with Crippen LogP contribution in [0.3, 0.4) is 0 Å². The Kier molecular flexibility index (Phi) is 8.94. The number of nitrogens with one attached hydrogen (secondary N) is 2. The molecule has 3 aromatic carbocycles. The average molecular weight is 550 g/mol. The minimum atomic E-state index is -3.31. The predicted octanol–water partition coefficient (Wildman–Crippen LogP) is 3.56. The second kappa shape index (κ2) is 12.4. The van der Waals surface area contributed by atoms with E-state index in [0.29, 0.717) is 11.1 Å². The van der Waals surface area contributed by atoms with Crippen molar-refractivity contribution in [2.75, 3.05) is 6.54 Å². The van der Waals surface area contributed by atoms with Gasteiger partial charge in [0, 0.05) is 18.5 Å². The normalized spacial score (nSPS) is 17.6. The number of alkyl halides is 2. The molecule has 1 fully saturated rings. The molecule has 1 heterocycles. The number of hydrogen-bond acceptors (Lipinski definition) is 4. The number of amides is 3. The van der Waals surface area contributed by atoms with Crippen LogP contribution in [0.1, 0.15) is 39.0 Å². The zero-order chi connectivity index (χ0) is 28.9. The molecule has 0 aromatic heterocycles. The van der Waals surface area contributed by atoms with Crippen LogP contribution in [0.5, 0.6) is 0 Å². The summed E-state index contributed by atoms with van der Waals surface area (Å²) in [7, 11) is 0. The van der Waals surface area contributed by atoms with Gasteiger partial charge in [0.1, 0.15) is 6.04 Å². The number of aliphatic hydroxyl groups excluding tert-OH is 1. The fraction of sp³-hybridized carbons (Fsp3) is 0.323. The van der Waals surface area contributed by atoms with Crippen LogP contribution in [-0.4, -0.2) is 58.4 Å². The van der Waals surface area contributed by atoms with Crippen molar-refractivity contribution in [3.05, 3.63) is 107 Å². The van der Waals surface area contributed by atoms with E-state index in [4.69, 9.17) is 0 Å². The summed E-state index contributed by atoms with van der Waals surface area (Å²) < 4.78 is 29.1. The molecule has 9 heteroatoms. The number of halogens is 2. The van der Waals surface area contributed by atoms with Crippen LogP contribution in [0.15, 0.2) is 78.9 Å². The lowest BCUT2D eigenvalue weighted by Crippen LogP contribution is -2.56. The first-order chi connectivity index (χ1) is 19.1. The van der Waals surface area contributed by atoms with Crippen molar-refractivity contribution < 1.29 is 28.3 Å². The largest absolute Gasteiger partial charge is 0.381 e. The Balaban J connectivity index is 1.54. The molecular weight excluding hydrogens is 516 g/mol. The minimum absolute atomic E-state index is 0.0692. The first-order valence-corrected chi connectivity index (χ1v) is 13.1. The molecule has 3 unspecified atom stereocenters. The van der Waals surface area contributed by atoms with Gasteiger partial charge in [0.2, 0.25) is 5.91 Å². The monoisotopic (exact) mass is 549 g/mol. The van der Waals surface area contributed by atoms with E-state index >= 15 is 0 Å². The van der Waals surface area contributed by atoms with Crippen molar-refractivity contribution in [1.82, 2.24) is 15.5 Å². The number of likely N-dealkylation sites (tertiary alicyclic amines) is 1. The van der Waals surface area contributed by atoms with E-state index < -0.39 is 54.8 Å². The number of benzene rings is 3. The highest BCUT2D eigenvalue weighted by Gasteiger charge is 2.51. The van der Waals surface area contributed by atoms with E-state index in [9.17, 15) is 28.3 Å². The lowest BCUT2D eigenvalue weighted by Gasteiger charge is -2.30. The fourth-order valence-electron chi connectivity index (χ4n) is 4.92. The summed E-state index contributed by atoms with van der Waals surface area (Å²) in [5.74, 6) is -5.59. The minimum Gasteiger partial charge on any atom is -0.381 e. The number of carbonyl (C=O) groups is 3. The summed E-state index contributed by atoms with van der Waals surface area (Å²) in [5.41, 5.74) is 3.53. The topological polar surface area (TPSA) is 98.7 Å². The molecule has 3 amide bonds. The molecular formula is C31H33F2N3O4. The average Bonchev–Trinajstić information content (AvgIpc) is 3.27. The highest BCUT2D eigenvalue weighted by atomic mass is 19.3. The first-order valence-electron chi connectivity index (χ1n) is 13.1. The Hall–Kier alpha value is -4.11. The van der Waals surface area contributed by atoms with E-state index in [1.54, 1.807) is 61.5 Å². The smallest absolute Gasteiger partial charge is 0.267 e. The number of nitrogens with zero attached hydrogens (tertiary/aromatic N) is 1. The number of hydrogen-bond donors (Lipinski definition) is 3. The number of carbonyl (C=O) groups excluding carboxylic acids is 3. The number of aryl methyl sites for hydroxylation is 2. The van der Waals surface area contributed by atoms with Crippen LogP contribution >= 0.6 is 0 Å². The fourth-order valence-corrected chi connectivity index (χ4v) is 4.92. The van der Waals surface area contributed by atoms with Gasteiger partial charge in [-0.3, -0.25) is 14.4 Å². The summed E-state index contributed by atoms with van der Waals surface area (Å²) in [6.07, 6.45) is -2.65. The summed E-state index contributed by atoms with van der Waals surface area (Å²) >= 11 is 0. The van der Waals surface area contributed by atoms with Crippen LogP contribution in [0.2, 0.25) is 0 Å². The van der Waals surface area contributed by atoms with Gasteiger partial charge in [-0.1, -0.05) is 72.8 Å². The molecule has 0 saturated carbocycles. The molecule has 1 aliphatic rings.